The molecule has 1 aliphatic heterocycles. The van der Waals surface area contributed by atoms with Crippen LogP contribution in [-0.2, 0) is 14.4 Å². The van der Waals surface area contributed by atoms with Gasteiger partial charge in [-0.3, -0.25) is 14.4 Å². The molecule has 1 aliphatic rings. The predicted octanol–water partition coefficient (Wildman–Crippen LogP) is 3.24. The number of urea groups is 1. The first-order valence-electron chi connectivity index (χ1n) is 11.3. The largest absolute Gasteiger partial charge is 0.452 e. The number of hydrogen-bond donors (Lipinski definition) is 3. The second-order valence-corrected chi connectivity index (χ2v) is 9.11. The Bertz CT molecular complexity index is 934. The van der Waals surface area contributed by atoms with Crippen LogP contribution in [0.1, 0.15) is 40.5 Å². The Morgan fingerprint density at radius 1 is 0.943 bits per heavy atom. The molecular weight excluding hydrogens is 472 g/mol. The molecule has 8 nitrogen and oxygen atoms in total. The lowest BCUT2D eigenvalue weighted by Crippen LogP contribution is -2.58. The van der Waals surface area contributed by atoms with Crippen LogP contribution in [0.15, 0.2) is 24.3 Å². The van der Waals surface area contributed by atoms with Gasteiger partial charge in [0.2, 0.25) is 11.8 Å². The molecule has 1 aromatic carbocycles. The van der Waals surface area contributed by atoms with Gasteiger partial charge < -0.3 is 20.9 Å². The molecule has 1 saturated heterocycles. The SMILES string of the molecule is CC(C)[C@H](NC(=O)Nc1ccc(F)cc1)C(=O)N1CCC[C@H]1C(=O)N[C@H](C(=O)C(F)(F)F)C(C)C. The third-order valence-electron chi connectivity index (χ3n) is 5.69. The van der Waals surface area contributed by atoms with Gasteiger partial charge >= 0.3 is 12.2 Å². The van der Waals surface area contributed by atoms with Crippen LogP contribution in [0.3, 0.4) is 0 Å². The molecule has 0 spiro atoms. The highest BCUT2D eigenvalue weighted by Crippen LogP contribution is 2.24. The number of alkyl halides is 3. The zero-order chi connectivity index (χ0) is 26.5. The van der Waals surface area contributed by atoms with E-state index in [4.69, 9.17) is 0 Å². The van der Waals surface area contributed by atoms with Crippen molar-refractivity contribution in [1.82, 2.24) is 15.5 Å². The monoisotopic (exact) mass is 502 g/mol. The molecule has 1 fully saturated rings. The number of rotatable bonds is 8. The number of nitrogens with one attached hydrogen (secondary N) is 3. The third-order valence-corrected chi connectivity index (χ3v) is 5.69. The van der Waals surface area contributed by atoms with Gasteiger partial charge in [0.25, 0.3) is 5.78 Å². The second-order valence-electron chi connectivity index (χ2n) is 9.11. The topological polar surface area (TPSA) is 108 Å². The quantitative estimate of drug-likeness (QED) is 0.475. The number of likely N-dealkylation sites (tertiary alicyclic amines) is 1. The van der Waals surface area contributed by atoms with Crippen LogP contribution in [0.25, 0.3) is 0 Å². The second kappa shape index (κ2) is 11.5. The summed E-state index contributed by atoms with van der Waals surface area (Å²) in [6, 6.07) is 0.379. The number of nitrogens with zero attached hydrogens (tertiary/aromatic N) is 1. The molecule has 0 aromatic heterocycles. The molecule has 0 radical (unpaired) electrons. The number of carbonyl (C=O) groups excluding carboxylic acids is 4. The van der Waals surface area contributed by atoms with Gasteiger partial charge in [-0.05, 0) is 48.9 Å². The van der Waals surface area contributed by atoms with Crippen molar-refractivity contribution in [3.05, 3.63) is 30.1 Å². The van der Waals surface area contributed by atoms with Crippen LogP contribution in [0.2, 0.25) is 0 Å². The van der Waals surface area contributed by atoms with E-state index in [0.717, 1.165) is 12.1 Å². The van der Waals surface area contributed by atoms with E-state index >= 15 is 0 Å². The maximum Gasteiger partial charge on any atom is 0.452 e. The van der Waals surface area contributed by atoms with Gasteiger partial charge in [-0.2, -0.15) is 13.2 Å². The normalized spacial score (nSPS) is 17.8. The Hall–Kier alpha value is -3.18. The van der Waals surface area contributed by atoms with Crippen LogP contribution in [0.4, 0.5) is 28.0 Å². The first-order valence-corrected chi connectivity index (χ1v) is 11.3. The molecule has 35 heavy (non-hydrogen) atoms. The highest BCUT2D eigenvalue weighted by atomic mass is 19.4. The summed E-state index contributed by atoms with van der Waals surface area (Å²) in [6.07, 6.45) is -4.48. The van der Waals surface area contributed by atoms with E-state index in [2.05, 4.69) is 16.0 Å². The smallest absolute Gasteiger partial charge is 0.344 e. The van der Waals surface area contributed by atoms with Gasteiger partial charge in [0.05, 0.1) is 6.04 Å². The molecule has 0 unspecified atom stereocenters. The summed E-state index contributed by atoms with van der Waals surface area (Å²) >= 11 is 0. The number of carbonyl (C=O) groups is 4. The minimum Gasteiger partial charge on any atom is -0.344 e. The van der Waals surface area contributed by atoms with Crippen molar-refractivity contribution in [3.63, 3.8) is 0 Å². The third kappa shape index (κ3) is 7.40. The summed E-state index contributed by atoms with van der Waals surface area (Å²) in [5, 5.41) is 7.19. The van der Waals surface area contributed by atoms with E-state index in [-0.39, 0.29) is 18.9 Å². The van der Waals surface area contributed by atoms with Gasteiger partial charge in [0.15, 0.2) is 0 Å². The van der Waals surface area contributed by atoms with E-state index in [1.165, 1.54) is 30.9 Å². The molecule has 4 amide bonds. The first-order chi connectivity index (χ1) is 16.2. The minimum absolute atomic E-state index is 0.168. The zero-order valence-corrected chi connectivity index (χ0v) is 19.9. The molecule has 12 heteroatoms. The van der Waals surface area contributed by atoms with Crippen molar-refractivity contribution in [2.24, 2.45) is 11.8 Å². The number of Topliss-reactive ketones (excluding diaryl/α,β-unsaturated/α-hetero) is 1. The fraction of sp³-hybridized carbons (Fsp3) is 0.565. The molecule has 0 aliphatic carbocycles. The maximum absolute atomic E-state index is 13.3. The Balaban J connectivity index is 2.12. The summed E-state index contributed by atoms with van der Waals surface area (Å²) in [7, 11) is 0. The molecule has 1 aromatic rings. The van der Waals surface area contributed by atoms with Crippen molar-refractivity contribution in [1.29, 1.82) is 0 Å². The van der Waals surface area contributed by atoms with Gasteiger partial charge in [-0.15, -0.1) is 0 Å². The van der Waals surface area contributed by atoms with E-state index in [1.807, 2.05) is 0 Å². The molecule has 3 N–H and O–H groups in total. The van der Waals surface area contributed by atoms with Gasteiger partial charge in [-0.1, -0.05) is 27.7 Å². The fourth-order valence-corrected chi connectivity index (χ4v) is 3.80. The highest BCUT2D eigenvalue weighted by Gasteiger charge is 2.46. The summed E-state index contributed by atoms with van der Waals surface area (Å²) < 4.78 is 51.9. The number of anilines is 1. The molecular formula is C23H30F4N4O4. The Labute approximate surface area is 200 Å². The van der Waals surface area contributed by atoms with E-state index in [9.17, 15) is 36.7 Å². The standard InChI is InChI=1S/C23H30F4N4O4/c1-12(2)17(19(32)23(25,26)27)29-20(33)16-6-5-11-31(16)21(34)18(13(3)4)30-22(35)28-15-9-7-14(24)8-10-15/h7-10,12-13,16-18H,5-6,11H2,1-4H3,(H,29,33)(H2,28,30,35)/t16-,17-,18-/m0/s1. The lowest BCUT2D eigenvalue weighted by molar-refractivity contribution is -0.175. The maximum atomic E-state index is 13.3. The molecule has 3 atom stereocenters. The van der Waals surface area contributed by atoms with Crippen molar-refractivity contribution in [2.45, 2.75) is 64.8 Å². The minimum atomic E-state index is -5.11. The highest BCUT2D eigenvalue weighted by molar-refractivity contribution is 5.97. The first kappa shape index (κ1) is 28.1. The number of benzene rings is 1. The molecule has 194 valence electrons. The Morgan fingerprint density at radius 2 is 1.51 bits per heavy atom. The molecule has 2 rings (SSSR count). The molecule has 1 heterocycles. The van der Waals surface area contributed by atoms with Gasteiger partial charge in [-0.25, -0.2) is 9.18 Å². The van der Waals surface area contributed by atoms with Crippen LogP contribution >= 0.6 is 0 Å². The average molecular weight is 503 g/mol. The molecule has 0 saturated carbocycles. The zero-order valence-electron chi connectivity index (χ0n) is 19.9. The van der Waals surface area contributed by atoms with Crippen LogP contribution in [-0.4, -0.2) is 59.4 Å². The Kier molecular flexibility index (Phi) is 9.22. The van der Waals surface area contributed by atoms with Gasteiger partial charge in [0, 0.05) is 12.2 Å². The molecule has 0 bridgehead atoms. The van der Waals surface area contributed by atoms with Gasteiger partial charge in [0.1, 0.15) is 17.9 Å². The number of amides is 4. The van der Waals surface area contributed by atoms with E-state index < -0.39 is 59.7 Å². The summed E-state index contributed by atoms with van der Waals surface area (Å²) in [5.74, 6) is -5.18. The van der Waals surface area contributed by atoms with Crippen LogP contribution in [0, 0.1) is 17.7 Å². The summed E-state index contributed by atoms with van der Waals surface area (Å²) in [4.78, 5) is 51.5. The predicted molar refractivity (Wildman–Crippen MR) is 120 cm³/mol. The summed E-state index contributed by atoms with van der Waals surface area (Å²) in [5.41, 5.74) is 0.298. The van der Waals surface area contributed by atoms with Crippen molar-refractivity contribution in [3.8, 4) is 0 Å². The van der Waals surface area contributed by atoms with E-state index in [1.54, 1.807) is 13.8 Å². The van der Waals surface area contributed by atoms with Crippen molar-refractivity contribution < 1.29 is 36.7 Å². The lowest BCUT2D eigenvalue weighted by atomic mass is 9.98. The number of hydrogen-bond acceptors (Lipinski definition) is 4. The summed E-state index contributed by atoms with van der Waals surface area (Å²) in [6.45, 7) is 6.29. The lowest BCUT2D eigenvalue weighted by Gasteiger charge is -2.31. The fourth-order valence-electron chi connectivity index (χ4n) is 3.80. The van der Waals surface area contributed by atoms with E-state index in [0.29, 0.717) is 12.1 Å². The van der Waals surface area contributed by atoms with Crippen molar-refractivity contribution in [2.75, 3.05) is 11.9 Å². The average Bonchev–Trinajstić information content (AvgIpc) is 3.25. The van der Waals surface area contributed by atoms with Crippen LogP contribution < -0.4 is 16.0 Å². The van der Waals surface area contributed by atoms with Crippen molar-refractivity contribution >= 4 is 29.3 Å². The Morgan fingerprint density at radius 3 is 2.03 bits per heavy atom. The van der Waals surface area contributed by atoms with Crippen LogP contribution in [0.5, 0.6) is 0 Å². The number of halogens is 4. The number of ketones is 1.